The Hall–Kier alpha value is -1.85. The van der Waals surface area contributed by atoms with E-state index in [2.05, 4.69) is 4.98 Å². The number of hydrogen-bond donors (Lipinski definition) is 1. The molecule has 1 aromatic heterocycles. The summed E-state index contributed by atoms with van der Waals surface area (Å²) in [6, 6.07) is 1.76. The predicted octanol–water partition coefficient (Wildman–Crippen LogP) is 3.34. The topological polar surface area (TPSA) is 38.9 Å². The minimum atomic E-state index is -2.88. The fourth-order valence-corrected chi connectivity index (χ4v) is 1.62. The molecule has 2 rings (SSSR count). The van der Waals surface area contributed by atoms with Crippen LogP contribution in [0.3, 0.4) is 0 Å². The van der Waals surface area contributed by atoms with E-state index in [0.717, 1.165) is 12.1 Å². The third kappa shape index (κ3) is 1.79. The van der Waals surface area contributed by atoms with Crippen molar-refractivity contribution in [3.63, 3.8) is 0 Å². The second-order valence-electron chi connectivity index (χ2n) is 3.65. The molecular formula is C11H8F4N2. The van der Waals surface area contributed by atoms with Gasteiger partial charge in [-0.15, -0.1) is 0 Å². The zero-order valence-corrected chi connectivity index (χ0v) is 8.77. The molecule has 0 bridgehead atoms. The van der Waals surface area contributed by atoms with Gasteiger partial charge in [-0.1, -0.05) is 0 Å². The van der Waals surface area contributed by atoms with E-state index in [0.29, 0.717) is 0 Å². The summed E-state index contributed by atoms with van der Waals surface area (Å²) in [6.07, 6.45) is -2.88. The van der Waals surface area contributed by atoms with Gasteiger partial charge in [-0.05, 0) is 24.6 Å². The predicted molar refractivity (Wildman–Crippen MR) is 55.8 cm³/mol. The maximum absolute atomic E-state index is 13.7. The first kappa shape index (κ1) is 11.6. The number of aryl methyl sites for hydroxylation is 1. The van der Waals surface area contributed by atoms with E-state index in [-0.39, 0.29) is 16.6 Å². The summed E-state index contributed by atoms with van der Waals surface area (Å²) in [5.74, 6) is -1.61. The maximum Gasteiger partial charge on any atom is 0.280 e. The first-order chi connectivity index (χ1) is 7.91. The van der Waals surface area contributed by atoms with Crippen molar-refractivity contribution in [1.82, 2.24) is 4.98 Å². The lowest BCUT2D eigenvalue weighted by molar-refractivity contribution is 0.146. The standard InChI is InChI=1S/C11H8F4N2/c1-4-2-5(12)10-8(9(4)13)6(16)3-7(17-10)11(14)15/h2-3,11H,1H3,(H2,16,17). The van der Waals surface area contributed by atoms with Crippen LogP contribution in [-0.2, 0) is 0 Å². The SMILES string of the molecule is Cc1cc(F)c2nc(C(F)F)cc(N)c2c1F. The fraction of sp³-hybridized carbons (Fsp3) is 0.182. The first-order valence-electron chi connectivity index (χ1n) is 4.74. The van der Waals surface area contributed by atoms with Crippen LogP contribution in [0.4, 0.5) is 23.2 Å². The Morgan fingerprint density at radius 1 is 1.24 bits per heavy atom. The van der Waals surface area contributed by atoms with Gasteiger partial charge in [-0.3, -0.25) is 0 Å². The van der Waals surface area contributed by atoms with E-state index in [9.17, 15) is 17.6 Å². The minimum absolute atomic E-state index is 0.0493. The number of nitrogens with two attached hydrogens (primary N) is 1. The number of nitrogen functional groups attached to an aromatic ring is 1. The van der Waals surface area contributed by atoms with Crippen LogP contribution in [0, 0.1) is 18.6 Å². The molecule has 2 aromatic rings. The smallest absolute Gasteiger partial charge is 0.280 e. The van der Waals surface area contributed by atoms with Gasteiger partial charge in [0.15, 0.2) is 0 Å². The second kappa shape index (κ2) is 3.87. The number of hydrogen-bond acceptors (Lipinski definition) is 2. The number of halogens is 4. The van der Waals surface area contributed by atoms with Gasteiger partial charge in [0.1, 0.15) is 22.8 Å². The van der Waals surface area contributed by atoms with E-state index in [4.69, 9.17) is 5.73 Å². The van der Waals surface area contributed by atoms with Crippen LogP contribution in [0.2, 0.25) is 0 Å². The summed E-state index contributed by atoms with van der Waals surface area (Å²) < 4.78 is 52.1. The number of rotatable bonds is 1. The third-order valence-electron chi connectivity index (χ3n) is 2.43. The van der Waals surface area contributed by atoms with Crippen LogP contribution >= 0.6 is 0 Å². The van der Waals surface area contributed by atoms with Crippen molar-refractivity contribution in [2.75, 3.05) is 5.73 Å². The lowest BCUT2D eigenvalue weighted by atomic mass is 10.1. The molecule has 0 atom stereocenters. The summed E-state index contributed by atoms with van der Waals surface area (Å²) >= 11 is 0. The molecule has 0 saturated carbocycles. The van der Waals surface area contributed by atoms with E-state index in [1.807, 2.05) is 0 Å². The Morgan fingerprint density at radius 3 is 2.47 bits per heavy atom. The minimum Gasteiger partial charge on any atom is -0.398 e. The van der Waals surface area contributed by atoms with Crippen molar-refractivity contribution in [2.45, 2.75) is 13.3 Å². The van der Waals surface area contributed by atoms with Gasteiger partial charge in [-0.25, -0.2) is 22.5 Å². The van der Waals surface area contributed by atoms with Gasteiger partial charge < -0.3 is 5.73 Å². The fourth-order valence-electron chi connectivity index (χ4n) is 1.62. The number of aromatic nitrogens is 1. The number of benzene rings is 1. The van der Waals surface area contributed by atoms with Gasteiger partial charge in [0.2, 0.25) is 0 Å². The number of anilines is 1. The molecule has 1 heterocycles. The number of pyridine rings is 1. The van der Waals surface area contributed by atoms with Crippen molar-refractivity contribution in [3.8, 4) is 0 Å². The Morgan fingerprint density at radius 2 is 1.88 bits per heavy atom. The largest absolute Gasteiger partial charge is 0.398 e. The lowest BCUT2D eigenvalue weighted by Gasteiger charge is -2.09. The summed E-state index contributed by atoms with van der Waals surface area (Å²) in [5, 5.41) is -0.257. The molecule has 1 aromatic carbocycles. The molecule has 0 unspecified atom stereocenters. The molecule has 17 heavy (non-hydrogen) atoms. The Kier molecular flexibility index (Phi) is 2.65. The van der Waals surface area contributed by atoms with Crippen molar-refractivity contribution in [3.05, 3.63) is 35.0 Å². The van der Waals surface area contributed by atoms with Crippen molar-refractivity contribution < 1.29 is 17.6 Å². The maximum atomic E-state index is 13.7. The number of fused-ring (bicyclic) bond motifs is 1. The number of nitrogens with zero attached hydrogens (tertiary/aromatic N) is 1. The van der Waals surface area contributed by atoms with Gasteiger partial charge in [0.25, 0.3) is 6.43 Å². The molecule has 0 aliphatic rings. The molecule has 0 aliphatic carbocycles. The molecule has 0 fully saturated rings. The van der Waals surface area contributed by atoms with Crippen LogP contribution in [0.15, 0.2) is 12.1 Å². The van der Waals surface area contributed by atoms with E-state index in [1.54, 1.807) is 0 Å². The molecule has 90 valence electrons. The highest BCUT2D eigenvalue weighted by Crippen LogP contribution is 2.30. The van der Waals surface area contributed by atoms with Gasteiger partial charge in [-0.2, -0.15) is 0 Å². The van der Waals surface area contributed by atoms with Crippen LogP contribution in [0.25, 0.3) is 10.9 Å². The van der Waals surface area contributed by atoms with Gasteiger partial charge in [0, 0.05) is 5.69 Å². The van der Waals surface area contributed by atoms with Crippen molar-refractivity contribution >= 4 is 16.6 Å². The summed E-state index contributed by atoms with van der Waals surface area (Å²) in [5.41, 5.74) is 4.12. The molecule has 0 radical (unpaired) electrons. The first-order valence-corrected chi connectivity index (χ1v) is 4.74. The highest BCUT2D eigenvalue weighted by Gasteiger charge is 2.18. The Bertz CT molecular complexity index is 596. The van der Waals surface area contributed by atoms with E-state index in [1.165, 1.54) is 6.92 Å². The van der Waals surface area contributed by atoms with Crippen molar-refractivity contribution in [1.29, 1.82) is 0 Å². The van der Waals surface area contributed by atoms with Crippen LogP contribution in [0.1, 0.15) is 17.7 Å². The molecule has 0 spiro atoms. The van der Waals surface area contributed by atoms with Gasteiger partial charge >= 0.3 is 0 Å². The normalized spacial score (nSPS) is 11.4. The summed E-state index contributed by atoms with van der Waals surface area (Å²) in [4.78, 5) is 3.39. The second-order valence-corrected chi connectivity index (χ2v) is 3.65. The average Bonchev–Trinajstić information content (AvgIpc) is 2.25. The molecule has 0 aliphatic heterocycles. The molecular weight excluding hydrogens is 236 g/mol. The third-order valence-corrected chi connectivity index (χ3v) is 2.43. The molecule has 6 heteroatoms. The molecule has 2 N–H and O–H groups in total. The summed E-state index contributed by atoms with van der Waals surface area (Å²) in [7, 11) is 0. The van der Waals surface area contributed by atoms with Gasteiger partial charge in [0.05, 0.1) is 5.39 Å². The lowest BCUT2D eigenvalue weighted by Crippen LogP contribution is -2.01. The Balaban J connectivity index is 2.90. The average molecular weight is 244 g/mol. The van der Waals surface area contributed by atoms with E-state index >= 15 is 0 Å². The molecule has 2 nitrogen and oxygen atoms in total. The summed E-state index contributed by atoms with van der Waals surface area (Å²) in [6.45, 7) is 1.36. The van der Waals surface area contributed by atoms with E-state index < -0.39 is 29.3 Å². The van der Waals surface area contributed by atoms with Crippen LogP contribution in [0.5, 0.6) is 0 Å². The van der Waals surface area contributed by atoms with Crippen LogP contribution < -0.4 is 5.73 Å². The highest BCUT2D eigenvalue weighted by molar-refractivity contribution is 5.91. The number of alkyl halides is 2. The molecule has 0 saturated heterocycles. The Labute approximate surface area is 94.1 Å². The molecule has 0 amide bonds. The highest BCUT2D eigenvalue weighted by atomic mass is 19.3. The quantitative estimate of drug-likeness (QED) is 0.781. The van der Waals surface area contributed by atoms with Crippen molar-refractivity contribution in [2.24, 2.45) is 0 Å². The zero-order valence-electron chi connectivity index (χ0n) is 8.77. The zero-order chi connectivity index (χ0) is 12.7. The monoisotopic (exact) mass is 244 g/mol. The van der Waals surface area contributed by atoms with Crippen LogP contribution in [-0.4, -0.2) is 4.98 Å².